The summed E-state index contributed by atoms with van der Waals surface area (Å²) in [5.74, 6) is 0.865. The van der Waals surface area contributed by atoms with Gasteiger partial charge in [0.2, 0.25) is 0 Å². The molecule has 0 spiro atoms. The first-order valence-electron chi connectivity index (χ1n) is 8.50. The summed E-state index contributed by atoms with van der Waals surface area (Å²) in [6.45, 7) is 6.87. The van der Waals surface area contributed by atoms with Crippen LogP contribution < -0.4 is 4.74 Å². The topological polar surface area (TPSA) is 21.6 Å². The van der Waals surface area contributed by atoms with Crippen LogP contribution in [0.15, 0.2) is 71.7 Å². The molecule has 126 valence electrons. The number of rotatable bonds is 5. The van der Waals surface area contributed by atoms with Gasteiger partial charge in [0.1, 0.15) is 12.4 Å². The number of ether oxygens (including phenoxy) is 1. The second kappa shape index (κ2) is 7.80. The average Bonchev–Trinajstić information content (AvgIpc) is 2.63. The van der Waals surface area contributed by atoms with Crippen LogP contribution in [0.5, 0.6) is 5.75 Å². The number of hydrogen-bond donors (Lipinski definition) is 0. The molecular weight excluding hydrogens is 306 g/mol. The molecule has 0 N–H and O–H groups in total. The monoisotopic (exact) mass is 329 g/mol. The smallest absolute Gasteiger partial charge is 0.119 e. The molecule has 0 bridgehead atoms. The molecule has 0 aromatic heterocycles. The standard InChI is InChI=1S/C23H23NO/c1-17-7-9-21(10-8-17)16-25-22-13-11-20(12-14-22)15-24-23-6-4-5-18(2)19(23)3/h4-15H,16H2,1-3H3. The van der Waals surface area contributed by atoms with Crippen LogP contribution in [0.1, 0.15) is 27.8 Å². The van der Waals surface area contributed by atoms with E-state index in [1.54, 1.807) is 0 Å². The predicted octanol–water partition coefficient (Wildman–Crippen LogP) is 5.94. The van der Waals surface area contributed by atoms with Gasteiger partial charge >= 0.3 is 0 Å². The maximum Gasteiger partial charge on any atom is 0.119 e. The molecule has 2 heteroatoms. The molecule has 0 saturated heterocycles. The van der Waals surface area contributed by atoms with Crippen molar-refractivity contribution in [2.75, 3.05) is 0 Å². The third kappa shape index (κ3) is 4.57. The molecule has 0 aliphatic rings. The number of aliphatic imine (C=N–C) groups is 1. The Kier molecular flexibility index (Phi) is 5.30. The maximum atomic E-state index is 5.84. The van der Waals surface area contributed by atoms with Gasteiger partial charge in [-0.25, -0.2) is 0 Å². The lowest BCUT2D eigenvalue weighted by molar-refractivity contribution is 0.306. The van der Waals surface area contributed by atoms with Crippen LogP contribution >= 0.6 is 0 Å². The second-order valence-corrected chi connectivity index (χ2v) is 6.32. The molecule has 25 heavy (non-hydrogen) atoms. The van der Waals surface area contributed by atoms with E-state index in [1.807, 2.05) is 42.6 Å². The molecule has 0 atom stereocenters. The number of hydrogen-bond acceptors (Lipinski definition) is 2. The first kappa shape index (κ1) is 17.0. The van der Waals surface area contributed by atoms with E-state index >= 15 is 0 Å². The fourth-order valence-electron chi connectivity index (χ4n) is 2.52. The molecule has 0 radical (unpaired) electrons. The van der Waals surface area contributed by atoms with Gasteiger partial charge < -0.3 is 4.74 Å². The van der Waals surface area contributed by atoms with E-state index in [1.165, 1.54) is 22.3 Å². The van der Waals surface area contributed by atoms with Gasteiger partial charge in [-0.1, -0.05) is 42.0 Å². The Morgan fingerprint density at radius 2 is 1.56 bits per heavy atom. The van der Waals surface area contributed by atoms with Crippen molar-refractivity contribution in [3.63, 3.8) is 0 Å². The Bertz CT molecular complexity index is 862. The van der Waals surface area contributed by atoms with Crippen molar-refractivity contribution in [2.24, 2.45) is 4.99 Å². The van der Waals surface area contributed by atoms with Gasteiger partial charge in [0.15, 0.2) is 0 Å². The molecule has 0 aliphatic heterocycles. The van der Waals surface area contributed by atoms with E-state index < -0.39 is 0 Å². The van der Waals surface area contributed by atoms with E-state index in [9.17, 15) is 0 Å². The molecule has 3 rings (SSSR count). The van der Waals surface area contributed by atoms with Crippen LogP contribution in [0, 0.1) is 20.8 Å². The lowest BCUT2D eigenvalue weighted by Crippen LogP contribution is -1.95. The summed E-state index contributed by atoms with van der Waals surface area (Å²) in [5, 5.41) is 0. The summed E-state index contributed by atoms with van der Waals surface area (Å²) in [4.78, 5) is 4.60. The van der Waals surface area contributed by atoms with Crippen molar-refractivity contribution >= 4 is 11.9 Å². The predicted molar refractivity (Wildman–Crippen MR) is 105 cm³/mol. The second-order valence-electron chi connectivity index (χ2n) is 6.32. The van der Waals surface area contributed by atoms with Crippen molar-refractivity contribution in [3.05, 3.63) is 94.5 Å². The zero-order valence-electron chi connectivity index (χ0n) is 15.0. The molecule has 0 unspecified atom stereocenters. The van der Waals surface area contributed by atoms with Gasteiger partial charge in [0, 0.05) is 6.21 Å². The molecular formula is C23H23NO. The molecule has 3 aromatic carbocycles. The van der Waals surface area contributed by atoms with Crippen LogP contribution in [-0.2, 0) is 6.61 Å². The van der Waals surface area contributed by atoms with Crippen LogP contribution in [0.4, 0.5) is 5.69 Å². The summed E-state index contributed by atoms with van der Waals surface area (Å²) in [7, 11) is 0. The molecule has 3 aromatic rings. The van der Waals surface area contributed by atoms with E-state index in [4.69, 9.17) is 4.74 Å². The van der Waals surface area contributed by atoms with Gasteiger partial charge in [-0.2, -0.15) is 0 Å². The van der Waals surface area contributed by atoms with Crippen LogP contribution in [0.25, 0.3) is 0 Å². The van der Waals surface area contributed by atoms with Crippen molar-refractivity contribution in [3.8, 4) is 5.75 Å². The van der Waals surface area contributed by atoms with Gasteiger partial charge in [-0.15, -0.1) is 0 Å². The summed E-state index contributed by atoms with van der Waals surface area (Å²) in [6, 6.07) is 22.6. The fraction of sp³-hybridized carbons (Fsp3) is 0.174. The normalized spacial score (nSPS) is 11.0. The number of aryl methyl sites for hydroxylation is 2. The van der Waals surface area contributed by atoms with Crippen molar-refractivity contribution in [2.45, 2.75) is 27.4 Å². The lowest BCUT2D eigenvalue weighted by Gasteiger charge is -2.07. The number of nitrogens with zero attached hydrogens (tertiary/aromatic N) is 1. The molecule has 0 heterocycles. The zero-order chi connectivity index (χ0) is 17.6. The molecule has 2 nitrogen and oxygen atoms in total. The minimum atomic E-state index is 0.580. The highest BCUT2D eigenvalue weighted by molar-refractivity contribution is 5.82. The van der Waals surface area contributed by atoms with E-state index in [-0.39, 0.29) is 0 Å². The Labute approximate surface area is 149 Å². The summed E-state index contributed by atoms with van der Waals surface area (Å²) in [5.41, 5.74) is 6.98. The molecule has 0 fully saturated rings. The summed E-state index contributed by atoms with van der Waals surface area (Å²) < 4.78 is 5.84. The Morgan fingerprint density at radius 3 is 2.28 bits per heavy atom. The third-order valence-corrected chi connectivity index (χ3v) is 4.33. The van der Waals surface area contributed by atoms with Crippen LogP contribution in [0.2, 0.25) is 0 Å². The zero-order valence-corrected chi connectivity index (χ0v) is 15.0. The largest absolute Gasteiger partial charge is 0.489 e. The van der Waals surface area contributed by atoms with Crippen LogP contribution in [-0.4, -0.2) is 6.21 Å². The minimum Gasteiger partial charge on any atom is -0.489 e. The first-order valence-corrected chi connectivity index (χ1v) is 8.50. The van der Waals surface area contributed by atoms with Gasteiger partial charge in [-0.05, 0) is 73.4 Å². The van der Waals surface area contributed by atoms with Crippen molar-refractivity contribution in [1.82, 2.24) is 0 Å². The van der Waals surface area contributed by atoms with E-state index in [0.717, 1.165) is 17.0 Å². The molecule has 0 aliphatic carbocycles. The lowest BCUT2D eigenvalue weighted by atomic mass is 10.1. The maximum absolute atomic E-state index is 5.84. The SMILES string of the molecule is Cc1ccc(COc2ccc(C=Nc3cccc(C)c3C)cc2)cc1. The Morgan fingerprint density at radius 1 is 0.840 bits per heavy atom. The Hall–Kier alpha value is -2.87. The third-order valence-electron chi connectivity index (χ3n) is 4.33. The molecule has 0 saturated carbocycles. The summed E-state index contributed by atoms with van der Waals surface area (Å²) in [6.07, 6.45) is 1.89. The van der Waals surface area contributed by atoms with Crippen molar-refractivity contribution in [1.29, 1.82) is 0 Å². The van der Waals surface area contributed by atoms with Gasteiger partial charge in [-0.3, -0.25) is 4.99 Å². The quantitative estimate of drug-likeness (QED) is 0.531. The number of benzene rings is 3. The van der Waals surface area contributed by atoms with Crippen LogP contribution in [0.3, 0.4) is 0 Å². The Balaban J connectivity index is 1.63. The van der Waals surface area contributed by atoms with Gasteiger partial charge in [0.05, 0.1) is 5.69 Å². The minimum absolute atomic E-state index is 0.580. The van der Waals surface area contributed by atoms with Gasteiger partial charge in [0.25, 0.3) is 0 Å². The summed E-state index contributed by atoms with van der Waals surface area (Å²) >= 11 is 0. The van der Waals surface area contributed by atoms with Crippen molar-refractivity contribution < 1.29 is 4.74 Å². The van der Waals surface area contributed by atoms with E-state index in [0.29, 0.717) is 6.61 Å². The highest BCUT2D eigenvalue weighted by atomic mass is 16.5. The first-order chi connectivity index (χ1) is 12.1. The average molecular weight is 329 g/mol. The van der Waals surface area contributed by atoms with E-state index in [2.05, 4.69) is 56.1 Å². The molecule has 0 amide bonds. The highest BCUT2D eigenvalue weighted by Gasteiger charge is 1.99. The fourth-order valence-corrected chi connectivity index (χ4v) is 2.52. The highest BCUT2D eigenvalue weighted by Crippen LogP contribution is 2.21.